The molecule has 2 N–H and O–H groups in total. The van der Waals surface area contributed by atoms with Crippen LogP contribution in [0.25, 0.3) is 0 Å². The monoisotopic (exact) mass is 302 g/mol. The molecule has 2 aliphatic heterocycles. The summed E-state index contributed by atoms with van der Waals surface area (Å²) < 4.78 is -1.57. The molecule has 2 aliphatic rings. The first-order valence-electron chi connectivity index (χ1n) is 7.40. The molecule has 21 heavy (non-hydrogen) atoms. The Balaban J connectivity index is 1.92. The van der Waals surface area contributed by atoms with Crippen LogP contribution in [0.15, 0.2) is 0 Å². The van der Waals surface area contributed by atoms with Gasteiger partial charge < -0.3 is 29.9 Å². The van der Waals surface area contributed by atoms with E-state index in [4.69, 9.17) is 10.2 Å². The largest absolute Gasteiger partial charge is 0.632 e. The molecule has 0 spiro atoms. The average molecular weight is 302 g/mol. The van der Waals surface area contributed by atoms with Crippen molar-refractivity contribution in [3.63, 3.8) is 0 Å². The highest BCUT2D eigenvalue weighted by atomic mass is 16.6. The van der Waals surface area contributed by atoms with E-state index in [-0.39, 0.29) is 32.6 Å². The Bertz CT molecular complexity index is 393. The molecular formula is C13H22N2O6. The topological polar surface area (TPSA) is 121 Å². The molecule has 0 saturated carbocycles. The molecule has 2 heterocycles. The minimum Gasteiger partial charge on any atom is -0.632 e. The third-order valence-corrected chi connectivity index (χ3v) is 4.81. The number of hydrogen-bond donors (Lipinski definition) is 2. The molecule has 0 aromatic carbocycles. The summed E-state index contributed by atoms with van der Waals surface area (Å²) in [6, 6.07) is -1.89. The van der Waals surface area contributed by atoms with E-state index in [0.717, 1.165) is 0 Å². The van der Waals surface area contributed by atoms with E-state index < -0.39 is 33.3 Å². The van der Waals surface area contributed by atoms with Gasteiger partial charge in [0, 0.05) is 32.1 Å². The van der Waals surface area contributed by atoms with Gasteiger partial charge in [-0.1, -0.05) is 0 Å². The molecule has 0 aromatic heterocycles. The Morgan fingerprint density at radius 3 is 1.62 bits per heavy atom. The fourth-order valence-electron chi connectivity index (χ4n) is 3.68. The lowest BCUT2D eigenvalue weighted by Crippen LogP contribution is -2.54. The van der Waals surface area contributed by atoms with Crippen LogP contribution in [0.4, 0.5) is 0 Å². The maximum Gasteiger partial charge on any atom is 0.362 e. The fourth-order valence-corrected chi connectivity index (χ4v) is 3.68. The summed E-state index contributed by atoms with van der Waals surface area (Å²) in [5, 5.41) is 43.1. The molecule has 2 unspecified atom stereocenters. The van der Waals surface area contributed by atoms with Crippen molar-refractivity contribution in [2.45, 2.75) is 44.2 Å². The lowest BCUT2D eigenvalue weighted by atomic mass is 10.2. The van der Waals surface area contributed by atoms with Crippen LogP contribution in [0.1, 0.15) is 32.1 Å². The standard InChI is InChI=1S/C13H22N2O6/c16-12(17)10-4-1-6-14(10,20)8-3-9-15(21)7-2-5-11(15)13(18)19/h10-11H,1-9H2,(H,16,17)(H,18,19)/t10-,11-,14?,15?/m0/s1. The summed E-state index contributed by atoms with van der Waals surface area (Å²) in [6.07, 6.45) is 2.16. The second-order valence-corrected chi connectivity index (χ2v) is 6.15. The van der Waals surface area contributed by atoms with Crippen LogP contribution >= 0.6 is 0 Å². The van der Waals surface area contributed by atoms with Crippen molar-refractivity contribution in [1.82, 2.24) is 0 Å². The van der Waals surface area contributed by atoms with Gasteiger partial charge in [0.1, 0.15) is 0 Å². The van der Waals surface area contributed by atoms with Gasteiger partial charge in [-0.05, 0) is 0 Å². The Morgan fingerprint density at radius 1 is 0.905 bits per heavy atom. The van der Waals surface area contributed by atoms with Crippen molar-refractivity contribution in [3.8, 4) is 0 Å². The summed E-state index contributed by atoms with van der Waals surface area (Å²) in [5.41, 5.74) is 0. The lowest BCUT2D eigenvalue weighted by molar-refractivity contribution is -0.903. The second kappa shape index (κ2) is 5.88. The van der Waals surface area contributed by atoms with E-state index in [1.165, 1.54) is 0 Å². The Kier molecular flexibility index (Phi) is 4.52. The first-order valence-corrected chi connectivity index (χ1v) is 7.40. The first kappa shape index (κ1) is 16.2. The Morgan fingerprint density at radius 2 is 1.29 bits per heavy atom. The molecule has 4 atom stereocenters. The van der Waals surface area contributed by atoms with Gasteiger partial charge in [0.05, 0.1) is 26.2 Å². The molecule has 0 bridgehead atoms. The van der Waals surface area contributed by atoms with Gasteiger partial charge in [-0.2, -0.15) is 0 Å². The van der Waals surface area contributed by atoms with Crippen molar-refractivity contribution in [2.75, 3.05) is 26.2 Å². The van der Waals surface area contributed by atoms with Crippen molar-refractivity contribution >= 4 is 11.9 Å². The van der Waals surface area contributed by atoms with Crippen LogP contribution in [0.3, 0.4) is 0 Å². The highest BCUT2D eigenvalue weighted by Gasteiger charge is 2.42. The number of nitrogens with zero attached hydrogens (tertiary/aromatic N) is 2. The quantitative estimate of drug-likeness (QED) is 0.544. The fraction of sp³-hybridized carbons (Fsp3) is 0.846. The number of likely N-dealkylation sites (tertiary alicyclic amines) is 2. The SMILES string of the molecule is O=C(O)[C@@H]1CCC[N+]1([O-])CCC[N+]1([O-])CCC[C@H]1C(=O)O. The highest BCUT2D eigenvalue weighted by molar-refractivity contribution is 5.72. The molecular weight excluding hydrogens is 280 g/mol. The van der Waals surface area contributed by atoms with Gasteiger partial charge in [0.25, 0.3) is 0 Å². The lowest BCUT2D eigenvalue weighted by Gasteiger charge is -2.45. The number of carbonyl (C=O) groups is 2. The van der Waals surface area contributed by atoms with Crippen LogP contribution in [-0.4, -0.2) is 69.7 Å². The van der Waals surface area contributed by atoms with Gasteiger partial charge in [0.15, 0.2) is 12.1 Å². The minimum atomic E-state index is -1.09. The van der Waals surface area contributed by atoms with Gasteiger partial charge in [-0.25, -0.2) is 9.59 Å². The van der Waals surface area contributed by atoms with Crippen molar-refractivity contribution in [2.24, 2.45) is 0 Å². The zero-order valence-electron chi connectivity index (χ0n) is 11.9. The van der Waals surface area contributed by atoms with Gasteiger partial charge in [0.2, 0.25) is 0 Å². The molecule has 2 saturated heterocycles. The maximum atomic E-state index is 12.5. The molecule has 0 amide bonds. The maximum absolute atomic E-state index is 12.5. The van der Waals surface area contributed by atoms with Gasteiger partial charge >= 0.3 is 11.9 Å². The second-order valence-electron chi connectivity index (χ2n) is 6.15. The van der Waals surface area contributed by atoms with E-state index >= 15 is 0 Å². The number of aliphatic carboxylic acids is 2. The van der Waals surface area contributed by atoms with Crippen LogP contribution in [0.5, 0.6) is 0 Å². The minimum absolute atomic E-state index is 0.0749. The van der Waals surface area contributed by atoms with Crippen molar-refractivity contribution in [1.29, 1.82) is 0 Å². The van der Waals surface area contributed by atoms with E-state index in [1.54, 1.807) is 0 Å². The summed E-state index contributed by atoms with van der Waals surface area (Å²) in [4.78, 5) is 22.2. The van der Waals surface area contributed by atoms with Gasteiger partial charge in [-0.3, -0.25) is 0 Å². The summed E-state index contributed by atoms with van der Waals surface area (Å²) in [5.74, 6) is -2.17. The van der Waals surface area contributed by atoms with E-state index in [9.17, 15) is 20.0 Å². The number of hydroxylamine groups is 6. The predicted octanol–water partition coefficient (Wildman–Crippen LogP) is 0.500. The molecule has 0 aliphatic carbocycles. The molecule has 0 aromatic rings. The summed E-state index contributed by atoms with van der Waals surface area (Å²) in [7, 11) is 0. The number of quaternary nitrogens is 2. The zero-order valence-corrected chi connectivity index (χ0v) is 11.9. The third kappa shape index (κ3) is 3.18. The normalized spacial score (nSPS) is 39.5. The van der Waals surface area contributed by atoms with Gasteiger partial charge in [-0.15, -0.1) is 0 Å². The van der Waals surface area contributed by atoms with Crippen LogP contribution in [0, 0.1) is 10.4 Å². The molecule has 2 rings (SSSR count). The van der Waals surface area contributed by atoms with Crippen LogP contribution in [-0.2, 0) is 9.59 Å². The van der Waals surface area contributed by atoms with Crippen LogP contribution in [0.2, 0.25) is 0 Å². The molecule has 120 valence electrons. The number of carboxylic acid groups (broad SMARTS) is 2. The molecule has 2 fully saturated rings. The van der Waals surface area contributed by atoms with E-state index in [1.807, 2.05) is 0 Å². The molecule has 0 radical (unpaired) electrons. The van der Waals surface area contributed by atoms with Crippen molar-refractivity contribution in [3.05, 3.63) is 10.4 Å². The highest BCUT2D eigenvalue weighted by Crippen LogP contribution is 2.29. The first-order chi connectivity index (χ1) is 9.78. The Labute approximate surface area is 122 Å². The van der Waals surface area contributed by atoms with Crippen molar-refractivity contribution < 1.29 is 29.1 Å². The smallest absolute Gasteiger partial charge is 0.362 e. The summed E-state index contributed by atoms with van der Waals surface area (Å²) in [6.45, 7) is 0.674. The summed E-state index contributed by atoms with van der Waals surface area (Å²) >= 11 is 0. The average Bonchev–Trinajstić information content (AvgIpc) is 2.93. The molecule has 8 nitrogen and oxygen atoms in total. The zero-order chi connectivity index (χ0) is 15.7. The predicted molar refractivity (Wildman–Crippen MR) is 72.7 cm³/mol. The molecule has 8 heteroatoms. The number of rotatable bonds is 6. The van der Waals surface area contributed by atoms with E-state index in [0.29, 0.717) is 25.7 Å². The number of carboxylic acids is 2. The third-order valence-electron chi connectivity index (χ3n) is 4.81. The van der Waals surface area contributed by atoms with E-state index in [2.05, 4.69) is 0 Å². The van der Waals surface area contributed by atoms with Crippen LogP contribution < -0.4 is 0 Å². The number of hydrogen-bond acceptors (Lipinski definition) is 4. The Hall–Kier alpha value is -1.22.